The highest BCUT2D eigenvalue weighted by molar-refractivity contribution is 6.24. The SMILES string of the molecule is CCCCCOc1ccc(N2C(=O)C3[C@H](C2=O)C2c4ccccc4C3(C=O)c3ccccc32)cc1. The minimum absolute atomic E-state index is 0.239. The van der Waals surface area contributed by atoms with Crippen LogP contribution in [0.3, 0.4) is 0 Å². The molecule has 3 aliphatic carbocycles. The molecule has 7 rings (SSSR count). The lowest BCUT2D eigenvalue weighted by atomic mass is 9.48. The molecule has 2 bridgehead atoms. The van der Waals surface area contributed by atoms with Crippen LogP contribution in [0.25, 0.3) is 0 Å². The van der Waals surface area contributed by atoms with Gasteiger partial charge in [0, 0.05) is 5.92 Å². The minimum atomic E-state index is -1.17. The summed E-state index contributed by atoms with van der Waals surface area (Å²) in [5, 5.41) is 0. The zero-order chi connectivity index (χ0) is 24.2. The molecule has 1 aliphatic heterocycles. The molecule has 0 aromatic heterocycles. The van der Waals surface area contributed by atoms with Crippen LogP contribution in [0.4, 0.5) is 5.69 Å². The Morgan fingerprint density at radius 2 is 1.49 bits per heavy atom. The molecule has 1 fully saturated rings. The third kappa shape index (κ3) is 2.90. The third-order valence-corrected chi connectivity index (χ3v) is 7.98. The summed E-state index contributed by atoms with van der Waals surface area (Å²) in [5.41, 5.74) is 2.98. The molecule has 35 heavy (non-hydrogen) atoms. The lowest BCUT2D eigenvalue weighted by Gasteiger charge is -2.51. The van der Waals surface area contributed by atoms with Gasteiger partial charge in [0.1, 0.15) is 12.0 Å². The van der Waals surface area contributed by atoms with Crippen molar-refractivity contribution in [1.29, 1.82) is 0 Å². The Bertz CT molecular complexity index is 1280. The predicted molar refractivity (Wildman–Crippen MR) is 133 cm³/mol. The Morgan fingerprint density at radius 3 is 2.09 bits per heavy atom. The summed E-state index contributed by atoms with van der Waals surface area (Å²) in [6, 6.07) is 22.7. The lowest BCUT2D eigenvalue weighted by Crippen LogP contribution is -2.54. The fraction of sp³-hybridized carbons (Fsp3) is 0.300. The lowest BCUT2D eigenvalue weighted by molar-refractivity contribution is -0.128. The van der Waals surface area contributed by atoms with Crippen molar-refractivity contribution < 1.29 is 19.1 Å². The minimum Gasteiger partial charge on any atom is -0.494 e. The maximum atomic E-state index is 14.0. The molecule has 1 heterocycles. The zero-order valence-electron chi connectivity index (χ0n) is 19.6. The van der Waals surface area contributed by atoms with Gasteiger partial charge in [-0.25, -0.2) is 4.90 Å². The fourth-order valence-corrected chi connectivity index (χ4v) is 6.52. The number of anilines is 1. The second-order valence-corrected chi connectivity index (χ2v) is 9.70. The summed E-state index contributed by atoms with van der Waals surface area (Å²) >= 11 is 0. The third-order valence-electron chi connectivity index (χ3n) is 7.98. The summed E-state index contributed by atoms with van der Waals surface area (Å²) in [4.78, 5) is 42.2. The highest BCUT2D eigenvalue weighted by Crippen LogP contribution is 2.63. The van der Waals surface area contributed by atoms with Crippen LogP contribution in [0.15, 0.2) is 72.8 Å². The first-order valence-electron chi connectivity index (χ1n) is 12.4. The van der Waals surface area contributed by atoms with Crippen molar-refractivity contribution in [2.75, 3.05) is 11.5 Å². The molecule has 2 amide bonds. The highest BCUT2D eigenvalue weighted by atomic mass is 16.5. The molecule has 1 saturated heterocycles. The van der Waals surface area contributed by atoms with Gasteiger partial charge in [-0.3, -0.25) is 9.59 Å². The molecule has 0 radical (unpaired) electrons. The van der Waals surface area contributed by atoms with E-state index in [0.29, 0.717) is 18.0 Å². The van der Waals surface area contributed by atoms with E-state index in [1.165, 1.54) is 4.90 Å². The van der Waals surface area contributed by atoms with Gasteiger partial charge >= 0.3 is 0 Å². The largest absolute Gasteiger partial charge is 0.494 e. The van der Waals surface area contributed by atoms with E-state index >= 15 is 0 Å². The fourth-order valence-electron chi connectivity index (χ4n) is 6.52. The number of carbonyl (C=O) groups excluding carboxylic acids is 3. The molecule has 4 aliphatic rings. The van der Waals surface area contributed by atoms with E-state index in [4.69, 9.17) is 4.74 Å². The number of unbranched alkanes of at least 4 members (excludes halogenated alkanes) is 2. The van der Waals surface area contributed by atoms with E-state index < -0.39 is 17.3 Å². The number of hydrogen-bond acceptors (Lipinski definition) is 4. The number of rotatable bonds is 7. The second-order valence-electron chi connectivity index (χ2n) is 9.70. The normalized spacial score (nSPS) is 25.7. The number of imide groups is 1. The van der Waals surface area contributed by atoms with Crippen molar-refractivity contribution in [3.8, 4) is 5.75 Å². The summed E-state index contributed by atoms with van der Waals surface area (Å²) < 4.78 is 5.80. The Morgan fingerprint density at radius 1 is 0.857 bits per heavy atom. The topological polar surface area (TPSA) is 63.7 Å². The number of benzene rings is 3. The van der Waals surface area contributed by atoms with Crippen LogP contribution in [0.2, 0.25) is 0 Å². The van der Waals surface area contributed by atoms with Gasteiger partial charge in [-0.05, 0) is 52.9 Å². The molecule has 5 nitrogen and oxygen atoms in total. The van der Waals surface area contributed by atoms with Gasteiger partial charge in [0.15, 0.2) is 0 Å². The summed E-state index contributed by atoms with van der Waals surface area (Å²) in [7, 11) is 0. The Balaban J connectivity index is 1.41. The van der Waals surface area contributed by atoms with E-state index in [1.807, 2.05) is 48.5 Å². The summed E-state index contributed by atoms with van der Waals surface area (Å²) in [5.74, 6) is -1.45. The molecular formula is C30H27NO4. The molecule has 3 aromatic carbocycles. The molecular weight excluding hydrogens is 438 g/mol. The summed E-state index contributed by atoms with van der Waals surface area (Å²) in [6.45, 7) is 2.79. The van der Waals surface area contributed by atoms with Crippen molar-refractivity contribution in [3.05, 3.63) is 95.1 Å². The van der Waals surface area contributed by atoms with E-state index in [9.17, 15) is 14.4 Å². The van der Waals surface area contributed by atoms with Gasteiger partial charge in [-0.15, -0.1) is 0 Å². The molecule has 176 valence electrons. The van der Waals surface area contributed by atoms with Gasteiger partial charge in [0.2, 0.25) is 11.8 Å². The number of hydrogen-bond donors (Lipinski definition) is 0. The second kappa shape index (κ2) is 8.19. The number of ether oxygens (including phenoxy) is 1. The van der Waals surface area contributed by atoms with Gasteiger partial charge in [0.25, 0.3) is 0 Å². The quantitative estimate of drug-likeness (QED) is 0.280. The van der Waals surface area contributed by atoms with Crippen molar-refractivity contribution in [2.24, 2.45) is 11.8 Å². The van der Waals surface area contributed by atoms with Crippen LogP contribution in [-0.2, 0) is 19.8 Å². The molecule has 2 atom stereocenters. The Hall–Kier alpha value is -3.73. The van der Waals surface area contributed by atoms with Crippen LogP contribution in [0.5, 0.6) is 5.75 Å². The monoisotopic (exact) mass is 465 g/mol. The first-order chi connectivity index (χ1) is 17.1. The van der Waals surface area contributed by atoms with E-state index in [-0.39, 0.29) is 17.7 Å². The maximum Gasteiger partial charge on any atom is 0.239 e. The molecule has 3 aromatic rings. The number of nitrogens with zero attached hydrogens (tertiary/aromatic N) is 1. The van der Waals surface area contributed by atoms with E-state index in [0.717, 1.165) is 47.8 Å². The van der Waals surface area contributed by atoms with Gasteiger partial charge in [-0.1, -0.05) is 68.3 Å². The number of aldehydes is 1. The van der Waals surface area contributed by atoms with Crippen LogP contribution < -0.4 is 9.64 Å². The van der Waals surface area contributed by atoms with E-state index in [2.05, 4.69) is 6.92 Å². The van der Waals surface area contributed by atoms with Crippen molar-refractivity contribution in [3.63, 3.8) is 0 Å². The van der Waals surface area contributed by atoms with Crippen molar-refractivity contribution in [1.82, 2.24) is 0 Å². The van der Waals surface area contributed by atoms with Crippen LogP contribution in [0.1, 0.15) is 54.4 Å². The Kier molecular flexibility index (Phi) is 5.10. The highest BCUT2D eigenvalue weighted by Gasteiger charge is 2.68. The average molecular weight is 466 g/mol. The summed E-state index contributed by atoms with van der Waals surface area (Å²) in [6.07, 6.45) is 4.13. The molecule has 0 spiro atoms. The van der Waals surface area contributed by atoms with Crippen LogP contribution in [0, 0.1) is 11.8 Å². The van der Waals surface area contributed by atoms with Crippen LogP contribution in [-0.4, -0.2) is 24.7 Å². The van der Waals surface area contributed by atoms with Crippen molar-refractivity contribution in [2.45, 2.75) is 37.5 Å². The van der Waals surface area contributed by atoms with Gasteiger partial charge < -0.3 is 9.53 Å². The molecule has 0 saturated carbocycles. The Labute approximate surface area is 204 Å². The average Bonchev–Trinajstić information content (AvgIpc) is 3.17. The van der Waals surface area contributed by atoms with Gasteiger partial charge in [0.05, 0.1) is 29.5 Å². The standard InChI is InChI=1S/C30H27NO4/c1-2-3-8-17-35-20-15-13-19(14-16-20)31-28(33)26-25-21-9-4-6-11-23(21)30(18-32,27(26)29(31)34)24-12-7-5-10-22(24)25/h4-7,9-16,18,25-27H,2-3,8,17H2,1H3/t25?,26-,27?,30?/m1/s1. The van der Waals surface area contributed by atoms with E-state index in [1.54, 1.807) is 24.3 Å². The molecule has 5 heteroatoms. The number of carbonyl (C=O) groups is 3. The molecule has 1 unspecified atom stereocenters. The first-order valence-corrected chi connectivity index (χ1v) is 12.4. The smallest absolute Gasteiger partial charge is 0.239 e. The van der Waals surface area contributed by atoms with Crippen molar-refractivity contribution >= 4 is 23.8 Å². The van der Waals surface area contributed by atoms with Gasteiger partial charge in [-0.2, -0.15) is 0 Å². The first kappa shape index (κ1) is 21.8. The van der Waals surface area contributed by atoms with Crippen LogP contribution >= 0.6 is 0 Å². The number of amides is 2. The predicted octanol–water partition coefficient (Wildman–Crippen LogP) is 5.01. The maximum absolute atomic E-state index is 14.0. The molecule has 0 N–H and O–H groups in total. The zero-order valence-corrected chi connectivity index (χ0v) is 19.6.